The topological polar surface area (TPSA) is 21.3 Å². The fourth-order valence-corrected chi connectivity index (χ4v) is 2.74. The quantitative estimate of drug-likeness (QED) is 0.598. The lowest BCUT2D eigenvalue weighted by atomic mass is 9.71. The second kappa shape index (κ2) is 8.92. The van der Waals surface area contributed by atoms with Crippen molar-refractivity contribution in [3.05, 3.63) is 0 Å². The van der Waals surface area contributed by atoms with Gasteiger partial charge < -0.3 is 10.1 Å². The molecular weight excluding hydrogens is 222 g/mol. The standard InChI is InChI=1S/C16H35NO/c1-13(2)10-15(5)11-16(6,14(3)4)12-17-8-9-18-7/h13-15,17H,8-12H2,1-7H3. The largest absolute Gasteiger partial charge is 0.383 e. The second-order valence-corrected chi connectivity index (χ2v) is 6.92. The lowest BCUT2D eigenvalue weighted by Gasteiger charge is -2.37. The predicted octanol–water partition coefficient (Wildman–Crippen LogP) is 3.96. The first-order valence-electron chi connectivity index (χ1n) is 7.51. The molecule has 18 heavy (non-hydrogen) atoms. The van der Waals surface area contributed by atoms with Crippen LogP contribution in [0.15, 0.2) is 0 Å². The Balaban J connectivity index is 4.24. The van der Waals surface area contributed by atoms with E-state index < -0.39 is 0 Å². The van der Waals surface area contributed by atoms with E-state index in [0.29, 0.717) is 11.3 Å². The molecule has 0 heterocycles. The molecule has 0 spiro atoms. The van der Waals surface area contributed by atoms with Gasteiger partial charge in [0, 0.05) is 20.2 Å². The van der Waals surface area contributed by atoms with Crippen molar-refractivity contribution in [2.75, 3.05) is 26.8 Å². The van der Waals surface area contributed by atoms with Gasteiger partial charge in [0.2, 0.25) is 0 Å². The molecule has 2 unspecified atom stereocenters. The van der Waals surface area contributed by atoms with Gasteiger partial charge in [-0.2, -0.15) is 0 Å². The first-order valence-corrected chi connectivity index (χ1v) is 7.51. The lowest BCUT2D eigenvalue weighted by Crippen LogP contribution is -2.38. The van der Waals surface area contributed by atoms with Crippen molar-refractivity contribution in [2.24, 2.45) is 23.2 Å². The van der Waals surface area contributed by atoms with Gasteiger partial charge in [0.25, 0.3) is 0 Å². The van der Waals surface area contributed by atoms with Gasteiger partial charge in [-0.25, -0.2) is 0 Å². The number of rotatable bonds is 10. The maximum Gasteiger partial charge on any atom is 0.0587 e. The van der Waals surface area contributed by atoms with E-state index in [2.05, 4.69) is 46.9 Å². The minimum atomic E-state index is 0.391. The minimum absolute atomic E-state index is 0.391. The highest BCUT2D eigenvalue weighted by Crippen LogP contribution is 2.35. The maximum absolute atomic E-state index is 5.09. The number of hydrogen-bond acceptors (Lipinski definition) is 2. The summed E-state index contributed by atoms with van der Waals surface area (Å²) in [5.74, 6) is 2.32. The van der Waals surface area contributed by atoms with Crippen molar-refractivity contribution in [1.82, 2.24) is 5.32 Å². The van der Waals surface area contributed by atoms with E-state index in [1.165, 1.54) is 12.8 Å². The summed E-state index contributed by atoms with van der Waals surface area (Å²) in [6, 6.07) is 0. The van der Waals surface area contributed by atoms with Gasteiger partial charge in [0.15, 0.2) is 0 Å². The fourth-order valence-electron chi connectivity index (χ4n) is 2.74. The molecule has 0 amide bonds. The summed E-state index contributed by atoms with van der Waals surface area (Å²) in [7, 11) is 1.76. The van der Waals surface area contributed by atoms with Crippen LogP contribution < -0.4 is 5.32 Å². The third-order valence-electron chi connectivity index (χ3n) is 4.09. The van der Waals surface area contributed by atoms with E-state index in [-0.39, 0.29) is 0 Å². The average Bonchev–Trinajstić information content (AvgIpc) is 2.22. The van der Waals surface area contributed by atoms with Crippen molar-refractivity contribution in [3.8, 4) is 0 Å². The minimum Gasteiger partial charge on any atom is -0.383 e. The molecule has 0 aliphatic carbocycles. The van der Waals surface area contributed by atoms with E-state index in [1.807, 2.05) is 0 Å². The molecule has 0 aliphatic rings. The summed E-state index contributed by atoms with van der Waals surface area (Å²) in [4.78, 5) is 0. The third-order valence-corrected chi connectivity index (χ3v) is 4.09. The van der Waals surface area contributed by atoms with Crippen LogP contribution >= 0.6 is 0 Å². The summed E-state index contributed by atoms with van der Waals surface area (Å²) in [5.41, 5.74) is 0.391. The van der Waals surface area contributed by atoms with Crippen molar-refractivity contribution < 1.29 is 4.74 Å². The van der Waals surface area contributed by atoms with Crippen LogP contribution in [0, 0.1) is 23.2 Å². The zero-order chi connectivity index (χ0) is 14.2. The molecule has 0 bridgehead atoms. The zero-order valence-electron chi connectivity index (χ0n) is 13.7. The van der Waals surface area contributed by atoms with E-state index >= 15 is 0 Å². The van der Waals surface area contributed by atoms with Crippen molar-refractivity contribution >= 4 is 0 Å². The van der Waals surface area contributed by atoms with Gasteiger partial charge in [0.1, 0.15) is 0 Å². The van der Waals surface area contributed by atoms with Crippen LogP contribution in [-0.4, -0.2) is 26.8 Å². The van der Waals surface area contributed by atoms with Gasteiger partial charge in [0.05, 0.1) is 6.61 Å². The summed E-state index contributed by atoms with van der Waals surface area (Å²) in [5, 5.41) is 3.54. The van der Waals surface area contributed by atoms with E-state index in [4.69, 9.17) is 4.74 Å². The molecule has 2 nitrogen and oxygen atoms in total. The Morgan fingerprint density at radius 3 is 2.17 bits per heavy atom. The highest BCUT2D eigenvalue weighted by molar-refractivity contribution is 4.82. The van der Waals surface area contributed by atoms with Crippen LogP contribution in [0.3, 0.4) is 0 Å². The summed E-state index contributed by atoms with van der Waals surface area (Å²) in [6.07, 6.45) is 2.64. The van der Waals surface area contributed by atoms with Gasteiger partial charge >= 0.3 is 0 Å². The highest BCUT2D eigenvalue weighted by atomic mass is 16.5. The molecule has 0 aromatic heterocycles. The summed E-state index contributed by atoms with van der Waals surface area (Å²) < 4.78 is 5.09. The van der Waals surface area contributed by atoms with Crippen molar-refractivity contribution in [1.29, 1.82) is 0 Å². The third kappa shape index (κ3) is 7.38. The SMILES string of the molecule is COCCNCC(C)(CC(C)CC(C)C)C(C)C. The first kappa shape index (κ1) is 17.9. The summed E-state index contributed by atoms with van der Waals surface area (Å²) in [6.45, 7) is 17.0. The van der Waals surface area contributed by atoms with Gasteiger partial charge in [-0.3, -0.25) is 0 Å². The number of methoxy groups -OCH3 is 1. The normalized spacial score (nSPS) is 17.2. The van der Waals surface area contributed by atoms with Gasteiger partial charge in [-0.15, -0.1) is 0 Å². The molecule has 2 atom stereocenters. The van der Waals surface area contributed by atoms with Crippen LogP contribution in [0.25, 0.3) is 0 Å². The Hall–Kier alpha value is -0.0800. The Labute approximate surface area is 115 Å². The smallest absolute Gasteiger partial charge is 0.0587 e. The molecular formula is C16H35NO. The molecule has 0 aromatic carbocycles. The second-order valence-electron chi connectivity index (χ2n) is 6.92. The van der Waals surface area contributed by atoms with Crippen LogP contribution in [0.5, 0.6) is 0 Å². The molecule has 1 N–H and O–H groups in total. The van der Waals surface area contributed by atoms with Crippen molar-refractivity contribution in [3.63, 3.8) is 0 Å². The molecule has 0 aliphatic heterocycles. The Bertz CT molecular complexity index is 203. The van der Waals surface area contributed by atoms with E-state index in [0.717, 1.165) is 31.5 Å². The van der Waals surface area contributed by atoms with Crippen LogP contribution in [0.1, 0.15) is 54.4 Å². The van der Waals surface area contributed by atoms with E-state index in [9.17, 15) is 0 Å². The first-order chi connectivity index (χ1) is 8.31. The Morgan fingerprint density at radius 1 is 1.11 bits per heavy atom. The molecule has 0 saturated heterocycles. The monoisotopic (exact) mass is 257 g/mol. The number of ether oxygens (including phenoxy) is 1. The zero-order valence-corrected chi connectivity index (χ0v) is 13.7. The number of hydrogen-bond donors (Lipinski definition) is 1. The van der Waals surface area contributed by atoms with Crippen molar-refractivity contribution in [2.45, 2.75) is 54.4 Å². The molecule has 0 radical (unpaired) electrons. The Kier molecular flexibility index (Phi) is 8.89. The lowest BCUT2D eigenvalue weighted by molar-refractivity contribution is 0.143. The maximum atomic E-state index is 5.09. The van der Waals surface area contributed by atoms with Crippen LogP contribution in [-0.2, 0) is 4.74 Å². The molecule has 0 aromatic rings. The summed E-state index contributed by atoms with van der Waals surface area (Å²) >= 11 is 0. The molecule has 2 heteroatoms. The Morgan fingerprint density at radius 2 is 1.72 bits per heavy atom. The van der Waals surface area contributed by atoms with Gasteiger partial charge in [-0.1, -0.05) is 41.5 Å². The number of nitrogens with one attached hydrogen (secondary N) is 1. The van der Waals surface area contributed by atoms with Crippen LogP contribution in [0.2, 0.25) is 0 Å². The molecule has 0 saturated carbocycles. The average molecular weight is 257 g/mol. The van der Waals surface area contributed by atoms with Gasteiger partial charge in [-0.05, 0) is 36.0 Å². The molecule has 0 fully saturated rings. The van der Waals surface area contributed by atoms with E-state index in [1.54, 1.807) is 7.11 Å². The predicted molar refractivity (Wildman–Crippen MR) is 80.9 cm³/mol. The molecule has 110 valence electrons. The highest BCUT2D eigenvalue weighted by Gasteiger charge is 2.29. The molecule has 0 rings (SSSR count). The van der Waals surface area contributed by atoms with Crippen LogP contribution in [0.4, 0.5) is 0 Å². The fraction of sp³-hybridized carbons (Fsp3) is 1.00.